The molecule has 0 bridgehead atoms. The van der Waals surface area contributed by atoms with Crippen molar-refractivity contribution in [3.8, 4) is 5.75 Å². The Bertz CT molecular complexity index is 330. The molecule has 14 heavy (non-hydrogen) atoms. The molecular formula is C9H8ClFO3. The molecule has 1 aromatic rings. The van der Waals surface area contributed by atoms with Crippen molar-refractivity contribution in [1.29, 1.82) is 0 Å². The summed E-state index contributed by atoms with van der Waals surface area (Å²) in [7, 11) is 0. The Kier molecular flexibility index (Phi) is 3.71. The minimum atomic E-state index is -1.16. The first-order chi connectivity index (χ1) is 6.59. The highest BCUT2D eigenvalue weighted by Gasteiger charge is 2.13. The number of rotatable bonds is 4. The van der Waals surface area contributed by atoms with Crippen molar-refractivity contribution in [2.45, 2.75) is 5.38 Å². The summed E-state index contributed by atoms with van der Waals surface area (Å²) >= 11 is 5.39. The fraction of sp³-hybridized carbons (Fsp3) is 0.222. The fourth-order valence-electron chi connectivity index (χ4n) is 0.797. The van der Waals surface area contributed by atoms with Crippen LogP contribution in [0.4, 0.5) is 4.39 Å². The maximum Gasteiger partial charge on any atom is 0.325 e. The van der Waals surface area contributed by atoms with E-state index in [0.717, 1.165) is 6.07 Å². The van der Waals surface area contributed by atoms with Crippen LogP contribution in [0.2, 0.25) is 0 Å². The van der Waals surface area contributed by atoms with Crippen LogP contribution in [0.15, 0.2) is 24.3 Å². The normalized spacial score (nSPS) is 12.1. The van der Waals surface area contributed by atoms with Gasteiger partial charge >= 0.3 is 5.97 Å². The summed E-state index contributed by atoms with van der Waals surface area (Å²) in [5, 5.41) is 7.30. The third kappa shape index (κ3) is 3.22. The van der Waals surface area contributed by atoms with E-state index < -0.39 is 17.2 Å². The smallest absolute Gasteiger partial charge is 0.325 e. The third-order valence-electron chi connectivity index (χ3n) is 1.46. The Morgan fingerprint density at radius 3 is 2.93 bits per heavy atom. The van der Waals surface area contributed by atoms with Gasteiger partial charge in [0, 0.05) is 6.07 Å². The van der Waals surface area contributed by atoms with E-state index in [2.05, 4.69) is 0 Å². The van der Waals surface area contributed by atoms with Crippen LogP contribution in [0.25, 0.3) is 0 Å². The van der Waals surface area contributed by atoms with Crippen molar-refractivity contribution >= 4 is 17.6 Å². The number of hydrogen-bond acceptors (Lipinski definition) is 2. The van der Waals surface area contributed by atoms with Gasteiger partial charge in [-0.25, -0.2) is 4.39 Å². The third-order valence-corrected chi connectivity index (χ3v) is 1.77. The average molecular weight is 219 g/mol. The molecule has 0 aromatic heterocycles. The molecule has 1 N–H and O–H groups in total. The number of hydrogen-bond donors (Lipinski definition) is 1. The fourth-order valence-corrected chi connectivity index (χ4v) is 0.860. The van der Waals surface area contributed by atoms with Crippen LogP contribution >= 0.6 is 11.6 Å². The van der Waals surface area contributed by atoms with Crippen molar-refractivity contribution < 1.29 is 19.0 Å². The maximum atomic E-state index is 12.6. The van der Waals surface area contributed by atoms with Crippen molar-refractivity contribution in [1.82, 2.24) is 0 Å². The standard InChI is InChI=1S/C9H8ClFO3/c10-8(9(12)13)5-14-7-3-1-2-6(11)4-7/h1-4,8H,5H2,(H,12,13). The maximum absolute atomic E-state index is 12.6. The van der Waals surface area contributed by atoms with Gasteiger partial charge in [-0.1, -0.05) is 6.07 Å². The second-order valence-corrected chi connectivity index (χ2v) is 3.10. The van der Waals surface area contributed by atoms with Gasteiger partial charge in [-0.3, -0.25) is 4.79 Å². The van der Waals surface area contributed by atoms with Crippen molar-refractivity contribution in [2.24, 2.45) is 0 Å². The largest absolute Gasteiger partial charge is 0.491 e. The monoisotopic (exact) mass is 218 g/mol. The highest BCUT2D eigenvalue weighted by atomic mass is 35.5. The molecule has 0 radical (unpaired) electrons. The van der Waals surface area contributed by atoms with Gasteiger partial charge in [0.25, 0.3) is 0 Å². The topological polar surface area (TPSA) is 46.5 Å². The lowest BCUT2D eigenvalue weighted by molar-refractivity contribution is -0.137. The molecule has 1 unspecified atom stereocenters. The van der Waals surface area contributed by atoms with Crippen LogP contribution < -0.4 is 4.74 Å². The van der Waals surface area contributed by atoms with Gasteiger partial charge < -0.3 is 9.84 Å². The number of carbonyl (C=O) groups is 1. The summed E-state index contributed by atoms with van der Waals surface area (Å²) in [5.41, 5.74) is 0. The molecule has 0 aliphatic carbocycles. The zero-order chi connectivity index (χ0) is 10.6. The summed E-state index contributed by atoms with van der Waals surface area (Å²) in [5.74, 6) is -1.34. The average Bonchev–Trinajstić information content (AvgIpc) is 2.14. The van der Waals surface area contributed by atoms with Crippen LogP contribution in [0, 0.1) is 5.82 Å². The number of carboxylic acids is 1. The van der Waals surface area contributed by atoms with Gasteiger partial charge in [-0.2, -0.15) is 0 Å². The van der Waals surface area contributed by atoms with Gasteiger partial charge in [-0.05, 0) is 12.1 Å². The molecule has 0 saturated carbocycles. The molecule has 0 heterocycles. The van der Waals surface area contributed by atoms with Crippen LogP contribution in [0.1, 0.15) is 0 Å². The van der Waals surface area contributed by atoms with E-state index in [0.29, 0.717) is 0 Å². The van der Waals surface area contributed by atoms with Crippen LogP contribution in [-0.4, -0.2) is 23.1 Å². The van der Waals surface area contributed by atoms with E-state index in [1.165, 1.54) is 18.2 Å². The van der Waals surface area contributed by atoms with Gasteiger partial charge in [-0.15, -0.1) is 11.6 Å². The number of benzene rings is 1. The molecule has 0 spiro atoms. The first-order valence-electron chi connectivity index (χ1n) is 3.85. The highest BCUT2D eigenvalue weighted by Crippen LogP contribution is 2.12. The molecule has 0 aliphatic rings. The van der Waals surface area contributed by atoms with Crippen LogP contribution in [0.5, 0.6) is 5.75 Å². The summed E-state index contributed by atoms with van der Waals surface area (Å²) < 4.78 is 17.6. The van der Waals surface area contributed by atoms with E-state index in [1.807, 2.05) is 0 Å². The van der Waals surface area contributed by atoms with E-state index in [4.69, 9.17) is 21.4 Å². The molecule has 1 rings (SSSR count). The molecule has 0 aliphatic heterocycles. The van der Waals surface area contributed by atoms with Crippen molar-refractivity contribution in [3.05, 3.63) is 30.1 Å². The van der Waals surface area contributed by atoms with Crippen LogP contribution in [0.3, 0.4) is 0 Å². The summed E-state index contributed by atoms with van der Waals surface area (Å²) in [4.78, 5) is 10.3. The van der Waals surface area contributed by atoms with Gasteiger partial charge in [0.2, 0.25) is 0 Å². The Morgan fingerprint density at radius 2 is 2.36 bits per heavy atom. The SMILES string of the molecule is O=C(O)C(Cl)COc1cccc(F)c1. The Balaban J connectivity index is 2.49. The molecule has 76 valence electrons. The summed E-state index contributed by atoms with van der Waals surface area (Å²) in [6.07, 6.45) is 0. The molecule has 5 heteroatoms. The van der Waals surface area contributed by atoms with Gasteiger partial charge in [0.1, 0.15) is 18.2 Å². The minimum Gasteiger partial charge on any atom is -0.491 e. The van der Waals surface area contributed by atoms with E-state index >= 15 is 0 Å². The molecular weight excluding hydrogens is 211 g/mol. The first kappa shape index (κ1) is 10.8. The first-order valence-corrected chi connectivity index (χ1v) is 4.28. The summed E-state index contributed by atoms with van der Waals surface area (Å²) in [6.45, 7) is -0.194. The lowest BCUT2D eigenvalue weighted by Crippen LogP contribution is -2.21. The molecule has 0 saturated heterocycles. The Hall–Kier alpha value is -1.29. The van der Waals surface area contributed by atoms with Crippen molar-refractivity contribution in [2.75, 3.05) is 6.61 Å². The lowest BCUT2D eigenvalue weighted by Gasteiger charge is -2.07. The molecule has 3 nitrogen and oxygen atoms in total. The molecule has 1 atom stereocenters. The molecule has 0 amide bonds. The second kappa shape index (κ2) is 4.81. The molecule has 0 fully saturated rings. The number of alkyl halides is 1. The number of halogens is 2. The Labute approximate surface area is 85.1 Å². The van der Waals surface area contributed by atoms with Crippen molar-refractivity contribution in [3.63, 3.8) is 0 Å². The zero-order valence-electron chi connectivity index (χ0n) is 7.11. The summed E-state index contributed by atoms with van der Waals surface area (Å²) in [6, 6.07) is 5.41. The zero-order valence-corrected chi connectivity index (χ0v) is 7.87. The Morgan fingerprint density at radius 1 is 1.64 bits per heavy atom. The van der Waals surface area contributed by atoms with Crippen LogP contribution in [-0.2, 0) is 4.79 Å². The second-order valence-electron chi connectivity index (χ2n) is 2.57. The quantitative estimate of drug-likeness (QED) is 0.786. The number of aliphatic carboxylic acids is 1. The van der Waals surface area contributed by atoms with E-state index in [-0.39, 0.29) is 12.4 Å². The van der Waals surface area contributed by atoms with Gasteiger partial charge in [0.15, 0.2) is 5.38 Å². The van der Waals surface area contributed by atoms with E-state index in [1.54, 1.807) is 0 Å². The predicted molar refractivity (Wildman–Crippen MR) is 49.2 cm³/mol. The van der Waals surface area contributed by atoms with Gasteiger partial charge in [0.05, 0.1) is 0 Å². The lowest BCUT2D eigenvalue weighted by atomic mass is 10.3. The molecule has 1 aromatic carbocycles. The number of carboxylic acid groups (broad SMARTS) is 1. The number of ether oxygens (including phenoxy) is 1. The minimum absolute atomic E-state index is 0.194. The van der Waals surface area contributed by atoms with E-state index in [9.17, 15) is 9.18 Å². The highest BCUT2D eigenvalue weighted by molar-refractivity contribution is 6.29. The predicted octanol–water partition coefficient (Wildman–Crippen LogP) is 1.90.